The first kappa shape index (κ1) is 18.0. The minimum absolute atomic E-state index is 0.268. The zero-order valence-corrected chi connectivity index (χ0v) is 16.0. The highest BCUT2D eigenvalue weighted by Gasteiger charge is 2.38. The number of Topliss-reactive ketones (excluding diaryl/α,β-unsaturated/α-hetero) is 3. The Labute approximate surface area is 155 Å². The molecule has 3 nitrogen and oxygen atoms in total. The van der Waals surface area contributed by atoms with Gasteiger partial charge in [0, 0.05) is 28.6 Å². The van der Waals surface area contributed by atoms with E-state index >= 15 is 0 Å². The van der Waals surface area contributed by atoms with Crippen molar-refractivity contribution in [3.63, 3.8) is 0 Å². The maximum atomic E-state index is 12.8. The second kappa shape index (κ2) is 7.22. The lowest BCUT2D eigenvalue weighted by Gasteiger charge is -2.19. The number of carbonyl (C=O) groups is 3. The molecular weight excluding hydrogens is 364 g/mol. The maximum Gasteiger partial charge on any atom is 0.182 e. The predicted octanol–water partition coefficient (Wildman–Crippen LogP) is 4.58. The van der Waals surface area contributed by atoms with Gasteiger partial charge in [-0.3, -0.25) is 14.4 Å². The van der Waals surface area contributed by atoms with Crippen LogP contribution in [0.15, 0.2) is 17.0 Å². The summed E-state index contributed by atoms with van der Waals surface area (Å²) in [5, 5.41) is 0.942. The summed E-state index contributed by atoms with van der Waals surface area (Å²) in [6, 6.07) is 3.58. The number of ketones is 3. The Hall–Kier alpha value is -0.780. The van der Waals surface area contributed by atoms with E-state index in [2.05, 4.69) is 13.8 Å². The van der Waals surface area contributed by atoms with Crippen molar-refractivity contribution >= 4 is 52.5 Å². The predicted molar refractivity (Wildman–Crippen MR) is 99.2 cm³/mol. The molecule has 0 aromatic heterocycles. The summed E-state index contributed by atoms with van der Waals surface area (Å²) in [6.07, 6.45) is 1.95. The number of benzene rings is 1. The second-order valence-electron chi connectivity index (χ2n) is 6.42. The number of rotatable bonds is 4. The molecule has 1 aromatic rings. The molecule has 0 saturated heterocycles. The largest absolute Gasteiger partial charge is 0.298 e. The minimum atomic E-state index is -1.15. The van der Waals surface area contributed by atoms with Crippen molar-refractivity contribution in [2.24, 2.45) is 5.92 Å². The molecule has 1 fully saturated rings. The first-order chi connectivity index (χ1) is 11.4. The van der Waals surface area contributed by atoms with Crippen LogP contribution in [0.5, 0.6) is 0 Å². The lowest BCUT2D eigenvalue weighted by molar-refractivity contribution is -0.133. The summed E-state index contributed by atoms with van der Waals surface area (Å²) in [5.74, 6) is -2.11. The average molecular weight is 383 g/mol. The van der Waals surface area contributed by atoms with E-state index < -0.39 is 11.7 Å². The van der Waals surface area contributed by atoms with Crippen LogP contribution >= 0.6 is 35.1 Å². The van der Waals surface area contributed by atoms with Crippen LogP contribution in [0.25, 0.3) is 0 Å². The van der Waals surface area contributed by atoms with Crippen molar-refractivity contribution in [2.75, 3.05) is 0 Å². The Bertz CT molecular complexity index is 698. The highest BCUT2D eigenvalue weighted by Crippen LogP contribution is 2.47. The smallest absolute Gasteiger partial charge is 0.182 e. The van der Waals surface area contributed by atoms with Crippen LogP contribution in [-0.2, 0) is 16.0 Å². The van der Waals surface area contributed by atoms with Crippen molar-refractivity contribution in [2.45, 2.75) is 54.3 Å². The fourth-order valence-electron chi connectivity index (χ4n) is 3.18. The van der Waals surface area contributed by atoms with Crippen LogP contribution in [0.4, 0.5) is 0 Å². The first-order valence-electron chi connectivity index (χ1n) is 8.11. The lowest BCUT2D eigenvalue weighted by atomic mass is 9.81. The summed E-state index contributed by atoms with van der Waals surface area (Å²) in [5.41, 5.74) is 1.29. The van der Waals surface area contributed by atoms with Crippen molar-refractivity contribution < 1.29 is 14.4 Å². The minimum Gasteiger partial charge on any atom is -0.298 e. The molecule has 3 rings (SSSR count). The van der Waals surface area contributed by atoms with Gasteiger partial charge in [0.05, 0.1) is 9.60 Å². The van der Waals surface area contributed by atoms with E-state index in [1.807, 2.05) is 17.8 Å². The van der Waals surface area contributed by atoms with Crippen LogP contribution in [0.2, 0.25) is 5.02 Å². The highest BCUT2D eigenvalue weighted by molar-refractivity contribution is 8.17. The van der Waals surface area contributed by atoms with Gasteiger partial charge in [-0.05, 0) is 30.5 Å². The molecule has 1 aromatic carbocycles. The van der Waals surface area contributed by atoms with Gasteiger partial charge in [0.2, 0.25) is 0 Å². The molecule has 1 aliphatic carbocycles. The highest BCUT2D eigenvalue weighted by atomic mass is 35.5. The van der Waals surface area contributed by atoms with Crippen LogP contribution in [-0.4, -0.2) is 27.2 Å². The van der Waals surface area contributed by atoms with Gasteiger partial charge in [-0.25, -0.2) is 0 Å². The van der Waals surface area contributed by atoms with Gasteiger partial charge in [-0.15, -0.1) is 23.5 Å². The zero-order valence-electron chi connectivity index (χ0n) is 13.6. The quantitative estimate of drug-likeness (QED) is 0.563. The number of carbonyl (C=O) groups excluding carboxylic acids is 3. The van der Waals surface area contributed by atoms with Crippen molar-refractivity contribution in [3.8, 4) is 0 Å². The molecule has 1 atom stereocenters. The fraction of sp³-hybridized carbons (Fsp3) is 0.500. The van der Waals surface area contributed by atoms with E-state index in [0.29, 0.717) is 39.7 Å². The summed E-state index contributed by atoms with van der Waals surface area (Å²) in [6.45, 7) is 4.32. The van der Waals surface area contributed by atoms with Crippen LogP contribution in [0.1, 0.15) is 49.0 Å². The van der Waals surface area contributed by atoms with Gasteiger partial charge in [0.15, 0.2) is 17.3 Å². The molecule has 1 unspecified atom stereocenters. The van der Waals surface area contributed by atoms with Gasteiger partial charge in [0.25, 0.3) is 0 Å². The third-order valence-electron chi connectivity index (χ3n) is 4.27. The molecule has 2 aliphatic rings. The lowest BCUT2D eigenvalue weighted by Crippen LogP contribution is -2.35. The van der Waals surface area contributed by atoms with Gasteiger partial charge in [-0.2, -0.15) is 0 Å². The molecule has 1 heterocycles. The molecule has 24 heavy (non-hydrogen) atoms. The summed E-state index contributed by atoms with van der Waals surface area (Å²) in [7, 11) is 0. The molecule has 6 heteroatoms. The summed E-state index contributed by atoms with van der Waals surface area (Å²) >= 11 is 10.2. The van der Waals surface area contributed by atoms with Crippen molar-refractivity contribution in [1.29, 1.82) is 0 Å². The molecule has 1 aliphatic heterocycles. The molecule has 0 amide bonds. The molecule has 0 bridgehead atoms. The van der Waals surface area contributed by atoms with Crippen LogP contribution in [0, 0.1) is 5.92 Å². The van der Waals surface area contributed by atoms with E-state index in [1.54, 1.807) is 17.8 Å². The van der Waals surface area contributed by atoms with E-state index in [-0.39, 0.29) is 11.6 Å². The molecule has 128 valence electrons. The van der Waals surface area contributed by atoms with Gasteiger partial charge in [0.1, 0.15) is 5.92 Å². The second-order valence-corrected chi connectivity index (χ2v) is 10.1. The van der Waals surface area contributed by atoms with Crippen molar-refractivity contribution in [1.82, 2.24) is 0 Å². The van der Waals surface area contributed by atoms with E-state index in [1.165, 1.54) is 0 Å². The third kappa shape index (κ3) is 3.44. The molecule has 0 spiro atoms. The molecule has 0 radical (unpaired) electrons. The summed E-state index contributed by atoms with van der Waals surface area (Å²) in [4.78, 5) is 37.9. The number of hydrogen-bond donors (Lipinski definition) is 0. The van der Waals surface area contributed by atoms with Crippen molar-refractivity contribution in [3.05, 3.63) is 28.3 Å². The van der Waals surface area contributed by atoms with Gasteiger partial charge < -0.3 is 0 Å². The number of fused-ring (bicyclic) bond motifs is 1. The zero-order chi connectivity index (χ0) is 17.4. The van der Waals surface area contributed by atoms with Gasteiger partial charge in [-0.1, -0.05) is 25.4 Å². The third-order valence-corrected chi connectivity index (χ3v) is 7.41. The fourth-order valence-corrected chi connectivity index (χ4v) is 6.65. The van der Waals surface area contributed by atoms with E-state index in [4.69, 9.17) is 11.6 Å². The molecule has 1 saturated carbocycles. The topological polar surface area (TPSA) is 51.2 Å². The Morgan fingerprint density at radius 2 is 1.92 bits per heavy atom. The van der Waals surface area contributed by atoms with Crippen LogP contribution in [0.3, 0.4) is 0 Å². The number of hydrogen-bond acceptors (Lipinski definition) is 5. The van der Waals surface area contributed by atoms with E-state index in [0.717, 1.165) is 16.9 Å². The van der Waals surface area contributed by atoms with Gasteiger partial charge >= 0.3 is 0 Å². The first-order valence-corrected chi connectivity index (χ1v) is 10.3. The maximum absolute atomic E-state index is 12.8. The normalized spacial score (nSPS) is 21.4. The Morgan fingerprint density at radius 1 is 1.25 bits per heavy atom. The monoisotopic (exact) mass is 382 g/mol. The Morgan fingerprint density at radius 3 is 2.54 bits per heavy atom. The standard InChI is InChI=1S/C18H19ClO3S2/c1-9(2)23-15-8-11-14(24-15)7-6-10(17(11)19)18(22)16-12(20)4-3-5-13(16)21/h6-7,9,15-16H,3-5,8H2,1-2H3. The number of halogens is 1. The molecule has 0 N–H and O–H groups in total. The molecular formula is C18H19ClO3S2. The van der Waals surface area contributed by atoms with E-state index in [9.17, 15) is 14.4 Å². The Balaban J connectivity index is 1.88. The van der Waals surface area contributed by atoms with Crippen LogP contribution < -0.4 is 0 Å². The number of thioether (sulfide) groups is 2. The summed E-state index contributed by atoms with van der Waals surface area (Å²) < 4.78 is 0.390. The Kier molecular flexibility index (Phi) is 5.42. The SMILES string of the molecule is CC(C)SC1Cc2c(ccc(C(=O)C3C(=O)CCCC3=O)c2Cl)S1. The average Bonchev–Trinajstić information content (AvgIpc) is 2.90.